The van der Waals surface area contributed by atoms with Gasteiger partial charge in [0.1, 0.15) is 36.2 Å². The lowest BCUT2D eigenvalue weighted by Gasteiger charge is -2.19. The van der Waals surface area contributed by atoms with Crippen molar-refractivity contribution in [2.45, 2.75) is 61.0 Å². The molecule has 1 aromatic heterocycles. The number of likely N-dealkylation sites (N-methyl/N-ethyl adjacent to an activating group) is 1. The summed E-state index contributed by atoms with van der Waals surface area (Å²) in [6, 6.07) is 11.1. The molecule has 6 heteroatoms. The summed E-state index contributed by atoms with van der Waals surface area (Å²) >= 11 is 0. The van der Waals surface area contributed by atoms with Crippen LogP contribution < -0.4 is 4.74 Å². The number of fused-ring (bicyclic) bond motifs is 1. The fraction of sp³-hybridized carbons (Fsp3) is 0.467. The van der Waals surface area contributed by atoms with Crippen molar-refractivity contribution < 1.29 is 23.5 Å². The van der Waals surface area contributed by atoms with Crippen LogP contribution in [0.15, 0.2) is 40.8 Å². The molecule has 0 aliphatic carbocycles. The maximum atomic E-state index is 13.8. The van der Waals surface area contributed by atoms with Crippen LogP contribution >= 0.6 is 0 Å². The molecule has 2 aromatic carbocycles. The summed E-state index contributed by atoms with van der Waals surface area (Å²) < 4.78 is 17.6. The minimum absolute atomic E-state index is 0.0999. The van der Waals surface area contributed by atoms with Gasteiger partial charge in [-0.1, -0.05) is 45.9 Å². The van der Waals surface area contributed by atoms with Crippen LogP contribution in [0.3, 0.4) is 0 Å². The molecule has 0 spiro atoms. The molecule has 6 nitrogen and oxygen atoms in total. The molecule has 0 bridgehead atoms. The number of ether oxygens (including phenoxy) is 2. The Labute approximate surface area is 214 Å². The van der Waals surface area contributed by atoms with Gasteiger partial charge in [0.25, 0.3) is 0 Å². The summed E-state index contributed by atoms with van der Waals surface area (Å²) in [5, 5.41) is 0.692. The molecule has 0 fully saturated rings. The number of ketones is 1. The van der Waals surface area contributed by atoms with Crippen LogP contribution in [0.5, 0.6) is 5.75 Å². The topological polar surface area (TPSA) is 69.0 Å². The van der Waals surface area contributed by atoms with E-state index in [4.69, 9.17) is 13.9 Å². The van der Waals surface area contributed by atoms with E-state index in [-0.39, 0.29) is 24.2 Å². The van der Waals surface area contributed by atoms with Crippen molar-refractivity contribution in [1.82, 2.24) is 4.90 Å². The molecule has 0 N–H and O–H groups in total. The van der Waals surface area contributed by atoms with Gasteiger partial charge in [-0.3, -0.25) is 9.59 Å². The number of hydrogen-bond acceptors (Lipinski definition) is 6. The quantitative estimate of drug-likeness (QED) is 0.223. The van der Waals surface area contributed by atoms with E-state index >= 15 is 0 Å². The van der Waals surface area contributed by atoms with Crippen molar-refractivity contribution in [1.29, 1.82) is 0 Å². The van der Waals surface area contributed by atoms with Gasteiger partial charge in [-0.2, -0.15) is 0 Å². The average Bonchev–Trinajstić information content (AvgIpc) is 3.20. The van der Waals surface area contributed by atoms with Crippen molar-refractivity contribution in [3.05, 3.63) is 64.4 Å². The standard InChI is InChI=1S/C30H39NO5/c1-8-31(9-2)14-15-34-30-20(5)16-23(17-21(30)6)29(33)28-24-12-10-11-13-25(24)36-26(28)18-27(32)35-22(7)19(3)4/h10-13,16-17,19,22H,8-9,14-15,18H2,1-7H3. The number of carbonyl (C=O) groups is 2. The van der Waals surface area contributed by atoms with Gasteiger partial charge >= 0.3 is 5.97 Å². The van der Waals surface area contributed by atoms with E-state index in [9.17, 15) is 9.59 Å². The lowest BCUT2D eigenvalue weighted by atomic mass is 9.96. The number of esters is 1. The Balaban J connectivity index is 1.89. The Morgan fingerprint density at radius 3 is 2.25 bits per heavy atom. The van der Waals surface area contributed by atoms with Gasteiger partial charge in [0.15, 0.2) is 5.78 Å². The minimum atomic E-state index is -0.409. The van der Waals surface area contributed by atoms with Crippen LogP contribution in [0.1, 0.15) is 67.4 Å². The Morgan fingerprint density at radius 2 is 1.64 bits per heavy atom. The van der Waals surface area contributed by atoms with Crippen LogP contribution in [0.4, 0.5) is 0 Å². The summed E-state index contributed by atoms with van der Waals surface area (Å²) in [6.07, 6.45) is -0.322. The first kappa shape index (κ1) is 27.5. The highest BCUT2D eigenvalue weighted by Gasteiger charge is 2.26. The number of furan rings is 1. The van der Waals surface area contributed by atoms with Crippen molar-refractivity contribution in [3.8, 4) is 5.75 Å². The van der Waals surface area contributed by atoms with Crippen LogP contribution in [-0.4, -0.2) is 49.0 Å². The first-order chi connectivity index (χ1) is 17.2. The molecule has 0 saturated heterocycles. The molecule has 1 heterocycles. The summed E-state index contributed by atoms with van der Waals surface area (Å²) in [5.41, 5.74) is 3.33. The van der Waals surface area contributed by atoms with E-state index in [0.717, 1.165) is 36.5 Å². The predicted octanol–water partition coefficient (Wildman–Crippen LogP) is 6.13. The molecule has 0 saturated carbocycles. The molecule has 0 aliphatic rings. The highest BCUT2D eigenvalue weighted by molar-refractivity contribution is 6.17. The van der Waals surface area contributed by atoms with Crippen LogP contribution in [-0.2, 0) is 16.0 Å². The molecule has 0 radical (unpaired) electrons. The normalized spacial score (nSPS) is 12.4. The number of carbonyl (C=O) groups excluding carboxylic acids is 2. The van der Waals surface area contributed by atoms with E-state index in [1.165, 1.54) is 0 Å². The van der Waals surface area contributed by atoms with E-state index in [1.54, 1.807) is 6.07 Å². The Kier molecular flexibility index (Phi) is 9.32. The summed E-state index contributed by atoms with van der Waals surface area (Å²) in [4.78, 5) is 28.7. The van der Waals surface area contributed by atoms with Gasteiger partial charge in [-0.15, -0.1) is 0 Å². The third-order valence-corrected chi connectivity index (χ3v) is 6.73. The van der Waals surface area contributed by atoms with Crippen LogP contribution in [0.25, 0.3) is 11.0 Å². The molecule has 36 heavy (non-hydrogen) atoms. The van der Waals surface area contributed by atoms with Crippen molar-refractivity contribution >= 4 is 22.7 Å². The zero-order valence-corrected chi connectivity index (χ0v) is 22.6. The second kappa shape index (κ2) is 12.2. The van der Waals surface area contributed by atoms with Gasteiger partial charge in [0.2, 0.25) is 0 Å². The van der Waals surface area contributed by atoms with Crippen molar-refractivity contribution in [2.24, 2.45) is 5.92 Å². The molecule has 3 aromatic rings. The lowest BCUT2D eigenvalue weighted by Crippen LogP contribution is -2.28. The molecule has 194 valence electrons. The second-order valence-corrected chi connectivity index (χ2v) is 9.66. The first-order valence-electron chi connectivity index (χ1n) is 12.9. The van der Waals surface area contributed by atoms with E-state index in [0.29, 0.717) is 34.5 Å². The van der Waals surface area contributed by atoms with Crippen LogP contribution in [0, 0.1) is 19.8 Å². The Hall–Kier alpha value is -3.12. The Bertz CT molecular complexity index is 1180. The van der Waals surface area contributed by atoms with Gasteiger partial charge < -0.3 is 18.8 Å². The van der Waals surface area contributed by atoms with Crippen molar-refractivity contribution in [3.63, 3.8) is 0 Å². The largest absolute Gasteiger partial charge is 0.492 e. The number of para-hydroxylation sites is 1. The molecule has 3 rings (SSSR count). The SMILES string of the molecule is CCN(CC)CCOc1c(C)cc(C(=O)c2c(CC(=O)OC(C)C(C)C)oc3ccccc23)cc1C. The van der Waals surface area contributed by atoms with Gasteiger partial charge in [0, 0.05) is 17.5 Å². The van der Waals surface area contributed by atoms with Gasteiger partial charge in [-0.05, 0) is 69.1 Å². The molecule has 1 atom stereocenters. The lowest BCUT2D eigenvalue weighted by molar-refractivity contribution is -0.149. The number of rotatable bonds is 12. The minimum Gasteiger partial charge on any atom is -0.492 e. The van der Waals surface area contributed by atoms with E-state index in [1.807, 2.05) is 65.0 Å². The predicted molar refractivity (Wildman–Crippen MR) is 143 cm³/mol. The molecular weight excluding hydrogens is 454 g/mol. The van der Waals surface area contributed by atoms with Crippen LogP contribution in [0.2, 0.25) is 0 Å². The van der Waals surface area contributed by atoms with E-state index in [2.05, 4.69) is 18.7 Å². The fourth-order valence-electron chi connectivity index (χ4n) is 4.26. The van der Waals surface area contributed by atoms with E-state index < -0.39 is 5.97 Å². The zero-order chi connectivity index (χ0) is 26.4. The molecular formula is C30H39NO5. The molecule has 0 amide bonds. The summed E-state index contributed by atoms with van der Waals surface area (Å²) in [6.45, 7) is 17.4. The average molecular weight is 494 g/mol. The van der Waals surface area contributed by atoms with Gasteiger partial charge in [0.05, 0.1) is 5.56 Å². The highest BCUT2D eigenvalue weighted by atomic mass is 16.5. The smallest absolute Gasteiger partial charge is 0.313 e. The Morgan fingerprint density at radius 1 is 1.00 bits per heavy atom. The first-order valence-corrected chi connectivity index (χ1v) is 12.9. The third kappa shape index (κ3) is 6.35. The summed E-state index contributed by atoms with van der Waals surface area (Å²) in [5.74, 6) is 0.748. The maximum Gasteiger partial charge on any atom is 0.313 e. The summed E-state index contributed by atoms with van der Waals surface area (Å²) in [7, 11) is 0. The molecule has 0 aliphatic heterocycles. The second-order valence-electron chi connectivity index (χ2n) is 9.66. The monoisotopic (exact) mass is 493 g/mol. The maximum absolute atomic E-state index is 13.8. The number of aryl methyl sites for hydroxylation is 2. The zero-order valence-electron chi connectivity index (χ0n) is 22.6. The number of hydrogen-bond donors (Lipinski definition) is 0. The fourth-order valence-corrected chi connectivity index (χ4v) is 4.26. The highest BCUT2D eigenvalue weighted by Crippen LogP contribution is 2.31. The number of benzene rings is 2. The molecule has 1 unspecified atom stereocenters. The van der Waals surface area contributed by atoms with Crippen molar-refractivity contribution in [2.75, 3.05) is 26.2 Å². The number of nitrogens with zero attached hydrogens (tertiary/aromatic N) is 1. The third-order valence-electron chi connectivity index (χ3n) is 6.73. The van der Waals surface area contributed by atoms with Gasteiger partial charge in [-0.25, -0.2) is 0 Å².